The van der Waals surface area contributed by atoms with Gasteiger partial charge in [0.1, 0.15) is 0 Å². The highest BCUT2D eigenvalue weighted by atomic mass is 16.5. The van der Waals surface area contributed by atoms with Crippen LogP contribution in [-0.4, -0.2) is 45.8 Å². The van der Waals surface area contributed by atoms with Gasteiger partial charge >= 0.3 is 5.97 Å². The molecule has 1 aromatic heterocycles. The highest BCUT2D eigenvalue weighted by molar-refractivity contribution is 5.95. The van der Waals surface area contributed by atoms with Crippen molar-refractivity contribution in [3.63, 3.8) is 0 Å². The fourth-order valence-corrected chi connectivity index (χ4v) is 5.14. The molecule has 6 heteroatoms. The molecule has 0 unspecified atom stereocenters. The highest BCUT2D eigenvalue weighted by Crippen LogP contribution is 2.40. The van der Waals surface area contributed by atoms with E-state index in [2.05, 4.69) is 24.2 Å². The van der Waals surface area contributed by atoms with Crippen LogP contribution in [0.15, 0.2) is 48.5 Å². The Hall–Kier alpha value is -3.41. The number of ether oxygens (including phenoxy) is 1. The van der Waals surface area contributed by atoms with Crippen LogP contribution in [0.1, 0.15) is 71.5 Å². The molecule has 3 aromatic rings. The van der Waals surface area contributed by atoms with Crippen LogP contribution in [0.25, 0.3) is 16.9 Å². The second kappa shape index (κ2) is 8.85. The number of aromatic nitrogens is 2. The largest absolute Gasteiger partial charge is 0.461 e. The molecule has 170 valence electrons. The molecule has 6 nitrogen and oxygen atoms in total. The smallest absolute Gasteiger partial charge is 0.359 e. The van der Waals surface area contributed by atoms with Crippen molar-refractivity contribution in [1.29, 1.82) is 0 Å². The molecule has 0 spiro atoms. The number of hydrogen-bond acceptors (Lipinski definition) is 4. The summed E-state index contributed by atoms with van der Waals surface area (Å²) in [7, 11) is 0. The third kappa shape index (κ3) is 3.73. The Bertz CT molecular complexity index is 1200. The van der Waals surface area contributed by atoms with Gasteiger partial charge in [-0.1, -0.05) is 31.2 Å². The molecule has 2 aromatic carbocycles. The lowest BCUT2D eigenvalue weighted by atomic mass is 9.99. The second-order valence-corrected chi connectivity index (χ2v) is 8.75. The minimum absolute atomic E-state index is 0.0938. The van der Waals surface area contributed by atoms with Gasteiger partial charge < -0.3 is 9.64 Å². The monoisotopic (exact) mass is 443 g/mol. The zero-order valence-corrected chi connectivity index (χ0v) is 19.2. The molecule has 1 atom stereocenters. The molecule has 1 fully saturated rings. The average Bonchev–Trinajstić information content (AvgIpc) is 3.41. The quantitative estimate of drug-likeness (QED) is 0.406. The number of hydrogen-bond donors (Lipinski definition) is 0. The zero-order chi connectivity index (χ0) is 22.9. The van der Waals surface area contributed by atoms with Gasteiger partial charge in [0.25, 0.3) is 5.91 Å². The van der Waals surface area contributed by atoms with Crippen LogP contribution in [0.4, 0.5) is 0 Å². The van der Waals surface area contributed by atoms with Crippen molar-refractivity contribution < 1.29 is 14.3 Å². The van der Waals surface area contributed by atoms with E-state index >= 15 is 0 Å². The number of likely N-dealkylation sites (tertiary alicyclic amines) is 1. The molecular weight excluding hydrogens is 414 g/mol. The molecule has 1 aliphatic heterocycles. The molecule has 0 N–H and O–H groups in total. The van der Waals surface area contributed by atoms with Crippen molar-refractivity contribution in [1.82, 2.24) is 14.7 Å². The lowest BCUT2D eigenvalue weighted by Gasteiger charge is -2.35. The summed E-state index contributed by atoms with van der Waals surface area (Å²) < 4.78 is 7.09. The van der Waals surface area contributed by atoms with Gasteiger partial charge in [-0.05, 0) is 62.4 Å². The lowest BCUT2D eigenvalue weighted by Crippen LogP contribution is -2.43. The van der Waals surface area contributed by atoms with Crippen molar-refractivity contribution in [3.05, 3.63) is 70.9 Å². The number of piperidine rings is 1. The van der Waals surface area contributed by atoms with Crippen LogP contribution < -0.4 is 0 Å². The van der Waals surface area contributed by atoms with E-state index in [-0.39, 0.29) is 5.91 Å². The zero-order valence-electron chi connectivity index (χ0n) is 19.2. The van der Waals surface area contributed by atoms with E-state index in [4.69, 9.17) is 4.74 Å². The van der Waals surface area contributed by atoms with Crippen molar-refractivity contribution in [2.45, 2.75) is 52.0 Å². The minimum atomic E-state index is -0.400. The van der Waals surface area contributed by atoms with Crippen molar-refractivity contribution in [2.75, 3.05) is 13.2 Å². The molecule has 5 rings (SSSR count). The van der Waals surface area contributed by atoms with Crippen LogP contribution in [0.5, 0.6) is 0 Å². The second-order valence-electron chi connectivity index (χ2n) is 8.75. The Labute approximate surface area is 194 Å². The molecule has 1 amide bonds. The summed E-state index contributed by atoms with van der Waals surface area (Å²) in [5, 5.41) is 4.66. The Morgan fingerprint density at radius 1 is 1.06 bits per heavy atom. The highest BCUT2D eigenvalue weighted by Gasteiger charge is 2.32. The third-order valence-electron chi connectivity index (χ3n) is 6.81. The molecule has 2 heterocycles. The molecule has 0 radical (unpaired) electrons. The summed E-state index contributed by atoms with van der Waals surface area (Å²) in [6.07, 6.45) is 4.98. The first kappa shape index (κ1) is 21.4. The van der Waals surface area contributed by atoms with E-state index < -0.39 is 5.97 Å². The first-order valence-electron chi connectivity index (χ1n) is 11.9. The predicted molar refractivity (Wildman–Crippen MR) is 127 cm³/mol. The van der Waals surface area contributed by atoms with E-state index in [1.165, 1.54) is 12.0 Å². The Balaban J connectivity index is 1.51. The molecular formula is C27H29N3O3. The standard InChI is InChI=1S/C27H29N3O3/c1-3-20-10-7-8-16-29(20)26(31)18-12-14-21(15-13-18)30-25-22-11-6-5-9-19(22)17-23(25)24(28-30)27(32)33-4-2/h5-6,9,11-15,20H,3-4,7-8,10,16-17H2,1-2H3/t20-/m0/s1. The van der Waals surface area contributed by atoms with E-state index in [0.717, 1.165) is 48.3 Å². The van der Waals surface area contributed by atoms with Crippen LogP contribution >= 0.6 is 0 Å². The van der Waals surface area contributed by atoms with Gasteiger partial charge in [-0.15, -0.1) is 0 Å². The maximum atomic E-state index is 13.2. The van der Waals surface area contributed by atoms with Crippen LogP contribution in [0, 0.1) is 0 Å². The van der Waals surface area contributed by atoms with Crippen LogP contribution in [-0.2, 0) is 11.2 Å². The number of rotatable bonds is 5. The first-order valence-corrected chi connectivity index (χ1v) is 11.9. The van der Waals surface area contributed by atoms with E-state index in [1.807, 2.05) is 46.0 Å². The summed E-state index contributed by atoms with van der Waals surface area (Å²) in [5.41, 5.74) is 5.95. The van der Waals surface area contributed by atoms with Crippen molar-refractivity contribution in [3.8, 4) is 16.9 Å². The number of esters is 1. The van der Waals surface area contributed by atoms with E-state index in [1.54, 1.807) is 6.92 Å². The summed E-state index contributed by atoms with van der Waals surface area (Å²) >= 11 is 0. The summed E-state index contributed by atoms with van der Waals surface area (Å²) in [4.78, 5) is 27.8. The van der Waals surface area contributed by atoms with E-state index in [9.17, 15) is 9.59 Å². The van der Waals surface area contributed by atoms with Crippen molar-refractivity contribution >= 4 is 11.9 Å². The number of carbonyl (C=O) groups excluding carboxylic acids is 2. The maximum absolute atomic E-state index is 13.2. The summed E-state index contributed by atoms with van der Waals surface area (Å²) in [5.74, 6) is -0.306. The van der Waals surface area contributed by atoms with Crippen molar-refractivity contribution in [2.24, 2.45) is 0 Å². The molecule has 0 bridgehead atoms. The molecule has 2 aliphatic rings. The molecule has 0 saturated carbocycles. The van der Waals surface area contributed by atoms with Gasteiger partial charge in [0.2, 0.25) is 0 Å². The van der Waals surface area contributed by atoms with Gasteiger partial charge in [-0.25, -0.2) is 9.48 Å². The molecule has 1 saturated heterocycles. The predicted octanol–water partition coefficient (Wildman–Crippen LogP) is 5.02. The van der Waals surface area contributed by atoms with Gasteiger partial charge in [-0.2, -0.15) is 5.10 Å². The number of benzene rings is 2. The third-order valence-corrected chi connectivity index (χ3v) is 6.81. The maximum Gasteiger partial charge on any atom is 0.359 e. The number of fused-ring (bicyclic) bond motifs is 3. The average molecular weight is 444 g/mol. The minimum Gasteiger partial charge on any atom is -0.461 e. The Morgan fingerprint density at radius 3 is 2.61 bits per heavy atom. The SMILES string of the molecule is CCOC(=O)c1nn(-c2ccc(C(=O)N3CCCC[C@@H]3CC)cc2)c2c1Cc1ccccc1-2. The van der Waals surface area contributed by atoms with E-state index in [0.29, 0.717) is 30.3 Å². The Kier molecular flexibility index (Phi) is 5.75. The summed E-state index contributed by atoms with van der Waals surface area (Å²) in [6.45, 7) is 5.08. The number of carbonyl (C=O) groups is 2. The molecule has 1 aliphatic carbocycles. The number of amides is 1. The fraction of sp³-hybridized carbons (Fsp3) is 0.370. The van der Waals surface area contributed by atoms with Gasteiger partial charge in [-0.3, -0.25) is 4.79 Å². The van der Waals surface area contributed by atoms with Crippen LogP contribution in [0.3, 0.4) is 0 Å². The van der Waals surface area contributed by atoms with Crippen LogP contribution in [0.2, 0.25) is 0 Å². The number of nitrogens with zero attached hydrogens (tertiary/aromatic N) is 3. The Morgan fingerprint density at radius 2 is 1.85 bits per heavy atom. The fourth-order valence-electron chi connectivity index (χ4n) is 5.14. The van der Waals surface area contributed by atoms with Gasteiger partial charge in [0.15, 0.2) is 5.69 Å². The summed E-state index contributed by atoms with van der Waals surface area (Å²) in [6, 6.07) is 16.1. The molecule has 33 heavy (non-hydrogen) atoms. The van der Waals surface area contributed by atoms with Gasteiger partial charge in [0.05, 0.1) is 18.0 Å². The lowest BCUT2D eigenvalue weighted by molar-refractivity contribution is 0.0517. The van der Waals surface area contributed by atoms with Gasteiger partial charge in [0, 0.05) is 35.7 Å². The first-order chi connectivity index (χ1) is 16.1. The topological polar surface area (TPSA) is 64.4 Å². The normalized spacial score (nSPS) is 16.9.